The third-order valence-electron chi connectivity index (χ3n) is 1.94. The molecule has 0 rings (SSSR count). The molecule has 1 N–H and O–H groups in total. The fourth-order valence-electron chi connectivity index (χ4n) is 1.04. The SMILES string of the molecule is C=CCCNCC(CC)C(=O)OC. The molecule has 0 aliphatic carbocycles. The molecule has 0 heterocycles. The van der Waals surface area contributed by atoms with Crippen LogP contribution in [0.4, 0.5) is 0 Å². The fraction of sp³-hybridized carbons (Fsp3) is 0.700. The monoisotopic (exact) mass is 185 g/mol. The number of esters is 1. The minimum atomic E-state index is -0.131. The Bertz CT molecular complexity index is 157. The number of carbonyl (C=O) groups is 1. The van der Waals surface area contributed by atoms with Gasteiger partial charge in [0, 0.05) is 6.54 Å². The Morgan fingerprint density at radius 3 is 2.85 bits per heavy atom. The van der Waals surface area contributed by atoms with Crippen LogP contribution in [0.15, 0.2) is 12.7 Å². The van der Waals surface area contributed by atoms with Crippen LogP contribution in [0.25, 0.3) is 0 Å². The topological polar surface area (TPSA) is 38.3 Å². The van der Waals surface area contributed by atoms with Crippen molar-refractivity contribution < 1.29 is 9.53 Å². The molecule has 0 aliphatic rings. The summed E-state index contributed by atoms with van der Waals surface area (Å²) in [6.45, 7) is 7.16. The first kappa shape index (κ1) is 12.2. The van der Waals surface area contributed by atoms with Crippen LogP contribution >= 0.6 is 0 Å². The predicted molar refractivity (Wildman–Crippen MR) is 53.5 cm³/mol. The van der Waals surface area contributed by atoms with Crippen LogP contribution in [0.3, 0.4) is 0 Å². The normalized spacial score (nSPS) is 12.2. The Hall–Kier alpha value is -0.830. The molecule has 1 unspecified atom stereocenters. The minimum Gasteiger partial charge on any atom is -0.469 e. The summed E-state index contributed by atoms with van der Waals surface area (Å²) in [5, 5.41) is 3.18. The molecular formula is C10H19NO2. The molecule has 0 spiro atoms. The van der Waals surface area contributed by atoms with E-state index in [0.29, 0.717) is 6.54 Å². The van der Waals surface area contributed by atoms with E-state index >= 15 is 0 Å². The maximum Gasteiger partial charge on any atom is 0.309 e. The first-order valence-corrected chi connectivity index (χ1v) is 4.65. The Labute approximate surface area is 80.2 Å². The van der Waals surface area contributed by atoms with E-state index in [9.17, 15) is 4.79 Å². The summed E-state index contributed by atoms with van der Waals surface area (Å²) in [7, 11) is 1.43. The van der Waals surface area contributed by atoms with Gasteiger partial charge in [0.1, 0.15) is 0 Å². The number of hydrogen-bond acceptors (Lipinski definition) is 3. The van der Waals surface area contributed by atoms with Crippen molar-refractivity contribution >= 4 is 5.97 Å². The lowest BCUT2D eigenvalue weighted by Crippen LogP contribution is -2.29. The smallest absolute Gasteiger partial charge is 0.309 e. The van der Waals surface area contributed by atoms with Crippen LogP contribution in [0, 0.1) is 5.92 Å². The molecule has 3 heteroatoms. The van der Waals surface area contributed by atoms with Gasteiger partial charge in [0.2, 0.25) is 0 Å². The number of methoxy groups -OCH3 is 1. The fourth-order valence-corrected chi connectivity index (χ4v) is 1.04. The molecule has 0 saturated carbocycles. The van der Waals surface area contributed by atoms with Gasteiger partial charge in [0.15, 0.2) is 0 Å². The summed E-state index contributed by atoms with van der Waals surface area (Å²) in [6.07, 6.45) is 3.59. The van der Waals surface area contributed by atoms with Gasteiger partial charge in [-0.2, -0.15) is 0 Å². The minimum absolute atomic E-state index is 0.0187. The van der Waals surface area contributed by atoms with E-state index in [4.69, 9.17) is 0 Å². The lowest BCUT2D eigenvalue weighted by atomic mass is 10.1. The standard InChI is InChI=1S/C10H19NO2/c1-4-6-7-11-8-9(5-2)10(12)13-3/h4,9,11H,1,5-8H2,2-3H3. The second-order valence-electron chi connectivity index (χ2n) is 2.91. The van der Waals surface area contributed by atoms with Gasteiger partial charge in [-0.15, -0.1) is 6.58 Å². The van der Waals surface area contributed by atoms with Crippen molar-refractivity contribution in [2.24, 2.45) is 5.92 Å². The zero-order valence-corrected chi connectivity index (χ0v) is 8.51. The van der Waals surface area contributed by atoms with E-state index in [1.165, 1.54) is 7.11 Å². The second kappa shape index (κ2) is 7.80. The van der Waals surface area contributed by atoms with Crippen LogP contribution in [0.2, 0.25) is 0 Å². The average molecular weight is 185 g/mol. The Morgan fingerprint density at radius 2 is 2.38 bits per heavy atom. The van der Waals surface area contributed by atoms with E-state index in [2.05, 4.69) is 16.6 Å². The van der Waals surface area contributed by atoms with Crippen molar-refractivity contribution in [2.75, 3.05) is 20.2 Å². The van der Waals surface area contributed by atoms with Gasteiger partial charge in [-0.25, -0.2) is 0 Å². The van der Waals surface area contributed by atoms with Gasteiger partial charge in [0.05, 0.1) is 13.0 Å². The highest BCUT2D eigenvalue weighted by atomic mass is 16.5. The van der Waals surface area contributed by atoms with Crippen LogP contribution < -0.4 is 5.32 Å². The summed E-state index contributed by atoms with van der Waals surface area (Å²) in [4.78, 5) is 11.1. The van der Waals surface area contributed by atoms with Crippen molar-refractivity contribution in [1.29, 1.82) is 0 Å². The van der Waals surface area contributed by atoms with Gasteiger partial charge < -0.3 is 10.1 Å². The van der Waals surface area contributed by atoms with Crippen molar-refractivity contribution in [1.82, 2.24) is 5.32 Å². The quantitative estimate of drug-likeness (QED) is 0.369. The Kier molecular flexibility index (Phi) is 7.30. The van der Waals surface area contributed by atoms with E-state index in [1.54, 1.807) is 0 Å². The van der Waals surface area contributed by atoms with E-state index in [0.717, 1.165) is 19.4 Å². The van der Waals surface area contributed by atoms with Crippen LogP contribution in [-0.2, 0) is 9.53 Å². The molecule has 76 valence electrons. The zero-order valence-electron chi connectivity index (χ0n) is 8.51. The molecule has 13 heavy (non-hydrogen) atoms. The molecule has 1 atom stereocenters. The molecule has 0 aromatic carbocycles. The number of hydrogen-bond donors (Lipinski definition) is 1. The first-order valence-electron chi connectivity index (χ1n) is 4.65. The van der Waals surface area contributed by atoms with Crippen LogP contribution in [0.5, 0.6) is 0 Å². The second-order valence-corrected chi connectivity index (χ2v) is 2.91. The highest BCUT2D eigenvalue weighted by Gasteiger charge is 2.15. The van der Waals surface area contributed by atoms with Crippen LogP contribution in [-0.4, -0.2) is 26.2 Å². The van der Waals surface area contributed by atoms with Gasteiger partial charge in [-0.05, 0) is 19.4 Å². The van der Waals surface area contributed by atoms with Gasteiger partial charge >= 0.3 is 5.97 Å². The van der Waals surface area contributed by atoms with Gasteiger partial charge in [-0.3, -0.25) is 4.79 Å². The van der Waals surface area contributed by atoms with Gasteiger partial charge in [0.25, 0.3) is 0 Å². The summed E-state index contributed by atoms with van der Waals surface area (Å²) >= 11 is 0. The third kappa shape index (κ3) is 5.42. The number of ether oxygens (including phenoxy) is 1. The summed E-state index contributed by atoms with van der Waals surface area (Å²) in [6, 6.07) is 0. The lowest BCUT2D eigenvalue weighted by Gasteiger charge is -2.12. The molecule has 0 bridgehead atoms. The molecule has 0 aromatic heterocycles. The molecule has 0 amide bonds. The first-order chi connectivity index (χ1) is 6.26. The summed E-state index contributed by atoms with van der Waals surface area (Å²) in [5.74, 6) is -0.150. The molecule has 0 aromatic rings. The zero-order chi connectivity index (χ0) is 10.1. The average Bonchev–Trinajstić information content (AvgIpc) is 2.17. The highest BCUT2D eigenvalue weighted by Crippen LogP contribution is 2.02. The molecular weight excluding hydrogens is 166 g/mol. The van der Waals surface area contributed by atoms with Crippen molar-refractivity contribution in [2.45, 2.75) is 19.8 Å². The van der Waals surface area contributed by atoms with Crippen molar-refractivity contribution in [3.05, 3.63) is 12.7 Å². The van der Waals surface area contributed by atoms with Crippen molar-refractivity contribution in [3.8, 4) is 0 Å². The van der Waals surface area contributed by atoms with E-state index < -0.39 is 0 Å². The molecule has 3 nitrogen and oxygen atoms in total. The number of nitrogens with one attached hydrogen (secondary N) is 1. The molecule has 0 radical (unpaired) electrons. The number of rotatable bonds is 7. The Balaban J connectivity index is 3.59. The predicted octanol–water partition coefficient (Wildman–Crippen LogP) is 1.35. The Morgan fingerprint density at radius 1 is 1.69 bits per heavy atom. The van der Waals surface area contributed by atoms with Gasteiger partial charge in [-0.1, -0.05) is 13.0 Å². The maximum atomic E-state index is 11.1. The summed E-state index contributed by atoms with van der Waals surface area (Å²) < 4.78 is 4.66. The van der Waals surface area contributed by atoms with Crippen molar-refractivity contribution in [3.63, 3.8) is 0 Å². The van der Waals surface area contributed by atoms with Crippen LogP contribution in [0.1, 0.15) is 19.8 Å². The summed E-state index contributed by atoms with van der Waals surface area (Å²) in [5.41, 5.74) is 0. The maximum absolute atomic E-state index is 11.1. The van der Waals surface area contributed by atoms with E-state index in [1.807, 2.05) is 13.0 Å². The third-order valence-corrected chi connectivity index (χ3v) is 1.94. The number of carbonyl (C=O) groups excluding carboxylic acids is 1. The molecule has 0 fully saturated rings. The lowest BCUT2D eigenvalue weighted by molar-refractivity contribution is -0.145. The molecule has 0 aliphatic heterocycles. The molecule has 0 saturated heterocycles. The van der Waals surface area contributed by atoms with E-state index in [-0.39, 0.29) is 11.9 Å². The largest absolute Gasteiger partial charge is 0.469 e. The highest BCUT2D eigenvalue weighted by molar-refractivity contribution is 5.72.